The number of benzene rings is 1. The SMILES string of the molecule is CCN(C(=O)Nc1ccc(F)cc1)C1(CN)CCCC1. The Labute approximate surface area is 119 Å². The van der Waals surface area contributed by atoms with Crippen molar-refractivity contribution in [2.24, 2.45) is 5.73 Å². The number of urea groups is 1. The maximum atomic E-state index is 12.9. The van der Waals surface area contributed by atoms with Crippen molar-refractivity contribution in [2.75, 3.05) is 18.4 Å². The van der Waals surface area contributed by atoms with E-state index in [1.165, 1.54) is 12.1 Å². The van der Waals surface area contributed by atoms with Gasteiger partial charge in [0, 0.05) is 18.8 Å². The lowest BCUT2D eigenvalue weighted by Gasteiger charge is -2.40. The molecule has 0 spiro atoms. The first-order valence-electron chi connectivity index (χ1n) is 7.15. The van der Waals surface area contributed by atoms with Gasteiger partial charge in [-0.25, -0.2) is 9.18 Å². The number of nitrogens with two attached hydrogens (primary N) is 1. The summed E-state index contributed by atoms with van der Waals surface area (Å²) in [4.78, 5) is 14.3. The zero-order chi connectivity index (χ0) is 14.6. The molecular formula is C15H22FN3O. The number of halogens is 1. The number of carbonyl (C=O) groups excluding carboxylic acids is 1. The Morgan fingerprint density at radius 1 is 1.35 bits per heavy atom. The third-order valence-electron chi connectivity index (χ3n) is 4.14. The van der Waals surface area contributed by atoms with E-state index in [0.717, 1.165) is 25.7 Å². The summed E-state index contributed by atoms with van der Waals surface area (Å²) in [6, 6.07) is 5.63. The van der Waals surface area contributed by atoms with Gasteiger partial charge in [-0.2, -0.15) is 0 Å². The van der Waals surface area contributed by atoms with E-state index in [1.54, 1.807) is 12.1 Å². The van der Waals surface area contributed by atoms with Crippen LogP contribution in [0, 0.1) is 5.82 Å². The summed E-state index contributed by atoms with van der Waals surface area (Å²) in [5, 5.41) is 2.82. The number of likely N-dealkylation sites (N-methyl/N-ethyl adjacent to an activating group) is 1. The first-order chi connectivity index (χ1) is 9.61. The Morgan fingerprint density at radius 2 is 1.95 bits per heavy atom. The minimum Gasteiger partial charge on any atom is -0.328 e. The van der Waals surface area contributed by atoms with E-state index in [-0.39, 0.29) is 17.4 Å². The van der Waals surface area contributed by atoms with Crippen LogP contribution < -0.4 is 11.1 Å². The molecule has 0 atom stereocenters. The van der Waals surface area contributed by atoms with Gasteiger partial charge in [-0.3, -0.25) is 0 Å². The van der Waals surface area contributed by atoms with Crippen molar-refractivity contribution < 1.29 is 9.18 Å². The quantitative estimate of drug-likeness (QED) is 0.890. The van der Waals surface area contributed by atoms with Crippen LogP contribution in [0.3, 0.4) is 0 Å². The lowest BCUT2D eigenvalue weighted by molar-refractivity contribution is 0.134. The van der Waals surface area contributed by atoms with Crippen molar-refractivity contribution in [1.82, 2.24) is 4.90 Å². The number of anilines is 1. The fourth-order valence-electron chi connectivity index (χ4n) is 3.04. The Morgan fingerprint density at radius 3 is 2.45 bits per heavy atom. The van der Waals surface area contributed by atoms with E-state index in [9.17, 15) is 9.18 Å². The normalized spacial score (nSPS) is 16.9. The zero-order valence-electron chi connectivity index (χ0n) is 11.9. The maximum absolute atomic E-state index is 12.9. The topological polar surface area (TPSA) is 58.4 Å². The van der Waals surface area contributed by atoms with Gasteiger partial charge in [-0.15, -0.1) is 0 Å². The molecule has 2 amide bonds. The van der Waals surface area contributed by atoms with Crippen LogP contribution in [0.1, 0.15) is 32.6 Å². The average molecular weight is 279 g/mol. The predicted molar refractivity (Wildman–Crippen MR) is 78.1 cm³/mol. The van der Waals surface area contributed by atoms with Crippen molar-refractivity contribution in [1.29, 1.82) is 0 Å². The largest absolute Gasteiger partial charge is 0.328 e. The number of hydrogen-bond acceptors (Lipinski definition) is 2. The van der Waals surface area contributed by atoms with E-state index >= 15 is 0 Å². The monoisotopic (exact) mass is 279 g/mol. The summed E-state index contributed by atoms with van der Waals surface area (Å²) in [5.74, 6) is -0.315. The molecule has 0 aromatic heterocycles. The van der Waals surface area contributed by atoms with E-state index in [0.29, 0.717) is 18.8 Å². The van der Waals surface area contributed by atoms with Crippen LogP contribution in [0.2, 0.25) is 0 Å². The molecule has 110 valence electrons. The molecule has 1 fully saturated rings. The lowest BCUT2D eigenvalue weighted by atomic mass is 9.95. The summed E-state index contributed by atoms with van der Waals surface area (Å²) >= 11 is 0. The zero-order valence-corrected chi connectivity index (χ0v) is 11.9. The number of hydrogen-bond donors (Lipinski definition) is 2. The fraction of sp³-hybridized carbons (Fsp3) is 0.533. The third kappa shape index (κ3) is 2.93. The van der Waals surface area contributed by atoms with Crippen LogP contribution in [-0.4, -0.2) is 29.6 Å². The van der Waals surface area contributed by atoms with Gasteiger partial charge in [-0.1, -0.05) is 12.8 Å². The third-order valence-corrected chi connectivity index (χ3v) is 4.14. The molecule has 1 aliphatic rings. The van der Waals surface area contributed by atoms with E-state index < -0.39 is 0 Å². The summed E-state index contributed by atoms with van der Waals surface area (Å²) < 4.78 is 12.9. The van der Waals surface area contributed by atoms with Crippen LogP contribution in [0.15, 0.2) is 24.3 Å². The molecule has 1 aliphatic carbocycles. The maximum Gasteiger partial charge on any atom is 0.322 e. The van der Waals surface area contributed by atoms with Gasteiger partial charge < -0.3 is 16.0 Å². The Bertz CT molecular complexity index is 455. The molecule has 0 heterocycles. The average Bonchev–Trinajstić information content (AvgIpc) is 2.92. The van der Waals surface area contributed by atoms with E-state index in [4.69, 9.17) is 5.73 Å². The molecular weight excluding hydrogens is 257 g/mol. The summed E-state index contributed by atoms with van der Waals surface area (Å²) in [6.07, 6.45) is 4.12. The standard InChI is InChI=1S/C15H22FN3O/c1-2-19(15(11-17)9-3-4-10-15)14(20)18-13-7-5-12(16)6-8-13/h5-8H,2-4,9-11,17H2,1H3,(H,18,20). The highest BCUT2D eigenvalue weighted by atomic mass is 19.1. The van der Waals surface area contributed by atoms with Crippen molar-refractivity contribution in [3.8, 4) is 0 Å². The van der Waals surface area contributed by atoms with Crippen molar-refractivity contribution >= 4 is 11.7 Å². The Kier molecular flexibility index (Phi) is 4.60. The summed E-state index contributed by atoms with van der Waals surface area (Å²) in [7, 11) is 0. The van der Waals surface area contributed by atoms with Crippen LogP contribution in [0.25, 0.3) is 0 Å². The molecule has 1 aromatic carbocycles. The minimum atomic E-state index is -0.315. The number of carbonyl (C=O) groups is 1. The van der Waals surface area contributed by atoms with Gasteiger partial charge in [0.2, 0.25) is 0 Å². The molecule has 1 saturated carbocycles. The van der Waals surface area contributed by atoms with Gasteiger partial charge in [0.15, 0.2) is 0 Å². The second-order valence-corrected chi connectivity index (χ2v) is 5.32. The molecule has 0 bridgehead atoms. The molecule has 5 heteroatoms. The highest BCUT2D eigenvalue weighted by molar-refractivity contribution is 5.89. The molecule has 0 unspecified atom stereocenters. The molecule has 4 nitrogen and oxygen atoms in total. The van der Waals surface area contributed by atoms with Crippen LogP contribution in [0.4, 0.5) is 14.9 Å². The Hall–Kier alpha value is -1.62. The minimum absolute atomic E-state index is 0.161. The van der Waals surface area contributed by atoms with Gasteiger partial charge in [-0.05, 0) is 44.0 Å². The van der Waals surface area contributed by atoms with Crippen molar-refractivity contribution in [3.63, 3.8) is 0 Å². The molecule has 1 aromatic rings. The van der Waals surface area contributed by atoms with Crippen LogP contribution >= 0.6 is 0 Å². The van der Waals surface area contributed by atoms with E-state index in [1.807, 2.05) is 11.8 Å². The summed E-state index contributed by atoms with van der Waals surface area (Å²) in [6.45, 7) is 3.06. The molecule has 0 saturated heterocycles. The Balaban J connectivity index is 2.10. The lowest BCUT2D eigenvalue weighted by Crippen LogP contribution is -2.55. The second-order valence-electron chi connectivity index (χ2n) is 5.32. The highest BCUT2D eigenvalue weighted by Crippen LogP contribution is 2.34. The number of rotatable bonds is 4. The number of amides is 2. The molecule has 2 rings (SSSR count). The van der Waals surface area contributed by atoms with Crippen molar-refractivity contribution in [2.45, 2.75) is 38.1 Å². The number of nitrogens with zero attached hydrogens (tertiary/aromatic N) is 1. The van der Waals surface area contributed by atoms with E-state index in [2.05, 4.69) is 5.32 Å². The van der Waals surface area contributed by atoms with Gasteiger partial charge >= 0.3 is 6.03 Å². The van der Waals surface area contributed by atoms with Crippen molar-refractivity contribution in [3.05, 3.63) is 30.1 Å². The first-order valence-corrected chi connectivity index (χ1v) is 7.15. The van der Waals surface area contributed by atoms with Gasteiger partial charge in [0.1, 0.15) is 5.82 Å². The second kappa shape index (κ2) is 6.22. The van der Waals surface area contributed by atoms with Gasteiger partial charge in [0.25, 0.3) is 0 Å². The molecule has 0 radical (unpaired) electrons. The van der Waals surface area contributed by atoms with Crippen LogP contribution in [-0.2, 0) is 0 Å². The van der Waals surface area contributed by atoms with Gasteiger partial charge in [0.05, 0.1) is 5.54 Å². The number of nitrogens with one attached hydrogen (secondary N) is 1. The predicted octanol–water partition coefficient (Wildman–Crippen LogP) is 2.95. The molecule has 0 aliphatic heterocycles. The molecule has 20 heavy (non-hydrogen) atoms. The summed E-state index contributed by atoms with van der Waals surface area (Å²) in [5.41, 5.74) is 6.30. The van der Waals surface area contributed by atoms with Crippen LogP contribution in [0.5, 0.6) is 0 Å². The first kappa shape index (κ1) is 14.8. The molecule has 3 N–H and O–H groups in total. The smallest absolute Gasteiger partial charge is 0.322 e. The fourth-order valence-corrected chi connectivity index (χ4v) is 3.04. The highest BCUT2D eigenvalue weighted by Gasteiger charge is 2.40.